The van der Waals surface area contributed by atoms with Crippen molar-refractivity contribution in [1.82, 2.24) is 0 Å². The van der Waals surface area contributed by atoms with Gasteiger partial charge in [0.15, 0.2) is 0 Å². The van der Waals surface area contributed by atoms with Gasteiger partial charge in [-0.25, -0.2) is 0 Å². The smallest absolute Gasteiger partial charge is 0.119 e. The molecule has 1 rings (SSSR count). The summed E-state index contributed by atoms with van der Waals surface area (Å²) in [6.45, 7) is 0.662. The number of thioether (sulfide) groups is 1. The highest BCUT2D eigenvalue weighted by molar-refractivity contribution is 8.41. The second-order valence-corrected chi connectivity index (χ2v) is 5.10. The van der Waals surface area contributed by atoms with Gasteiger partial charge in [0.2, 0.25) is 0 Å². The van der Waals surface area contributed by atoms with E-state index in [1.807, 2.05) is 30.3 Å². The van der Waals surface area contributed by atoms with Crippen molar-refractivity contribution in [1.29, 1.82) is 0 Å². The molecule has 0 bridgehead atoms. The first-order chi connectivity index (χ1) is 6.29. The van der Waals surface area contributed by atoms with Crippen LogP contribution >= 0.6 is 36.6 Å². The zero-order chi connectivity index (χ0) is 9.52. The van der Waals surface area contributed by atoms with Gasteiger partial charge in [0.05, 0.1) is 6.61 Å². The predicted octanol–water partition coefficient (Wildman–Crippen LogP) is 3.01. The van der Waals surface area contributed by atoms with Gasteiger partial charge in [-0.1, -0.05) is 30.4 Å². The molecule has 4 heteroatoms. The van der Waals surface area contributed by atoms with Gasteiger partial charge >= 0.3 is 0 Å². The Labute approximate surface area is 93.3 Å². The highest BCUT2D eigenvalue weighted by atomic mass is 32.2. The number of hydrogen-bond acceptors (Lipinski definition) is 3. The number of thiocarbonyl (C=S) groups is 1. The van der Waals surface area contributed by atoms with Crippen molar-refractivity contribution < 1.29 is 4.74 Å². The highest BCUT2D eigenvalue weighted by Crippen LogP contribution is 2.11. The lowest BCUT2D eigenvalue weighted by Crippen LogP contribution is -2.00. The second kappa shape index (κ2) is 6.29. The van der Waals surface area contributed by atoms with E-state index < -0.39 is 0 Å². The Morgan fingerprint density at radius 1 is 1.38 bits per heavy atom. The van der Waals surface area contributed by atoms with E-state index >= 15 is 0 Å². The van der Waals surface area contributed by atoms with Gasteiger partial charge in [-0.2, -0.15) is 0 Å². The first-order valence-electron chi connectivity index (χ1n) is 3.82. The van der Waals surface area contributed by atoms with Crippen LogP contribution in [-0.2, 0) is 0 Å². The molecule has 0 saturated heterocycles. The fourth-order valence-corrected chi connectivity index (χ4v) is 1.67. The van der Waals surface area contributed by atoms with E-state index in [-0.39, 0.29) is 0 Å². The minimum absolute atomic E-state index is 0.662. The molecule has 0 aliphatic carbocycles. The normalized spacial score (nSPS) is 9.62. The monoisotopic (exact) mass is 230 g/mol. The number of hydrogen-bond donors (Lipinski definition) is 1. The molecule has 0 aliphatic rings. The van der Waals surface area contributed by atoms with Gasteiger partial charge < -0.3 is 4.74 Å². The molecule has 0 unspecified atom stereocenters. The average molecular weight is 230 g/mol. The molecule has 0 saturated carbocycles. The standard InChI is InChI=1S/C9H10OS3/c11-9(12)13-7-6-10-8-4-2-1-3-5-8/h1-5H,6-7H2,(H,11,12). The van der Waals surface area contributed by atoms with Crippen molar-refractivity contribution in [2.75, 3.05) is 12.4 Å². The largest absolute Gasteiger partial charge is 0.493 e. The summed E-state index contributed by atoms with van der Waals surface area (Å²) in [4.78, 5) is 0. The van der Waals surface area contributed by atoms with Gasteiger partial charge in [-0.05, 0) is 12.1 Å². The van der Waals surface area contributed by atoms with Crippen molar-refractivity contribution >= 4 is 40.1 Å². The van der Waals surface area contributed by atoms with Crippen LogP contribution in [0.3, 0.4) is 0 Å². The van der Waals surface area contributed by atoms with E-state index in [2.05, 4.69) is 12.6 Å². The molecule has 0 heterocycles. The van der Waals surface area contributed by atoms with Crippen LogP contribution in [0.4, 0.5) is 0 Å². The fraction of sp³-hybridized carbons (Fsp3) is 0.222. The number of ether oxygens (including phenoxy) is 1. The van der Waals surface area contributed by atoms with Crippen molar-refractivity contribution in [3.63, 3.8) is 0 Å². The van der Waals surface area contributed by atoms with Gasteiger partial charge in [0.1, 0.15) is 9.28 Å². The van der Waals surface area contributed by atoms with Crippen LogP contribution in [0.25, 0.3) is 0 Å². The molecule has 0 spiro atoms. The molecule has 0 amide bonds. The number of benzene rings is 1. The fourth-order valence-electron chi connectivity index (χ4n) is 0.805. The minimum atomic E-state index is 0.662. The third kappa shape index (κ3) is 5.18. The quantitative estimate of drug-likeness (QED) is 0.484. The van der Waals surface area contributed by atoms with Crippen molar-refractivity contribution in [3.8, 4) is 5.75 Å². The minimum Gasteiger partial charge on any atom is -0.493 e. The molecule has 0 fully saturated rings. The molecule has 0 aromatic heterocycles. The van der Waals surface area contributed by atoms with Crippen LogP contribution in [0, 0.1) is 0 Å². The molecule has 0 radical (unpaired) electrons. The summed E-state index contributed by atoms with van der Waals surface area (Å²) in [5.41, 5.74) is 0. The van der Waals surface area contributed by atoms with Gasteiger partial charge in [-0.15, -0.1) is 24.4 Å². The zero-order valence-corrected chi connectivity index (χ0v) is 9.50. The Hall–Kier alpha value is -0.190. The predicted molar refractivity (Wildman–Crippen MR) is 66.0 cm³/mol. The lowest BCUT2D eigenvalue weighted by atomic mass is 10.3. The molecular weight excluding hydrogens is 220 g/mol. The Kier molecular flexibility index (Phi) is 5.27. The summed E-state index contributed by atoms with van der Waals surface area (Å²) in [5.74, 6) is 1.74. The maximum Gasteiger partial charge on any atom is 0.119 e. The Morgan fingerprint density at radius 2 is 2.08 bits per heavy atom. The highest BCUT2D eigenvalue weighted by Gasteiger charge is 1.93. The molecule has 1 aromatic rings. The van der Waals surface area contributed by atoms with Crippen LogP contribution in [-0.4, -0.2) is 15.9 Å². The second-order valence-electron chi connectivity index (χ2n) is 2.28. The van der Waals surface area contributed by atoms with Crippen LogP contribution in [0.2, 0.25) is 0 Å². The molecule has 13 heavy (non-hydrogen) atoms. The summed E-state index contributed by atoms with van der Waals surface area (Å²) >= 11 is 10.3. The van der Waals surface area contributed by atoms with E-state index in [4.69, 9.17) is 17.0 Å². The summed E-state index contributed by atoms with van der Waals surface area (Å²) in [6, 6.07) is 9.73. The molecular formula is C9H10OS3. The van der Waals surface area contributed by atoms with E-state index in [9.17, 15) is 0 Å². The van der Waals surface area contributed by atoms with Crippen LogP contribution in [0.1, 0.15) is 0 Å². The summed E-state index contributed by atoms with van der Waals surface area (Å²) in [7, 11) is 0. The topological polar surface area (TPSA) is 9.23 Å². The number of thiol groups is 1. The summed E-state index contributed by atoms with van der Waals surface area (Å²) < 4.78 is 6.11. The Morgan fingerprint density at radius 3 is 2.69 bits per heavy atom. The van der Waals surface area contributed by atoms with Crippen molar-refractivity contribution in [3.05, 3.63) is 30.3 Å². The lowest BCUT2D eigenvalue weighted by Gasteiger charge is -2.04. The molecule has 0 atom stereocenters. The van der Waals surface area contributed by atoms with Gasteiger partial charge in [0.25, 0.3) is 0 Å². The zero-order valence-electron chi connectivity index (χ0n) is 6.97. The Balaban J connectivity index is 2.17. The maximum atomic E-state index is 5.44. The number of para-hydroxylation sites is 1. The average Bonchev–Trinajstić information content (AvgIpc) is 2.14. The summed E-state index contributed by atoms with van der Waals surface area (Å²) in [6.07, 6.45) is 0. The first kappa shape index (κ1) is 10.9. The molecule has 0 aliphatic heterocycles. The Bertz CT molecular complexity index is 261. The van der Waals surface area contributed by atoms with E-state index in [0.29, 0.717) is 10.1 Å². The maximum absolute atomic E-state index is 5.44. The molecule has 0 N–H and O–H groups in total. The molecule has 1 nitrogen and oxygen atoms in total. The SMILES string of the molecule is S=C(S)SCCOc1ccccc1. The van der Waals surface area contributed by atoms with Crippen LogP contribution in [0.15, 0.2) is 30.3 Å². The van der Waals surface area contributed by atoms with Gasteiger partial charge in [-0.3, -0.25) is 0 Å². The molecule has 70 valence electrons. The first-order valence-corrected chi connectivity index (χ1v) is 5.67. The van der Waals surface area contributed by atoms with Crippen molar-refractivity contribution in [2.24, 2.45) is 0 Å². The van der Waals surface area contributed by atoms with Crippen LogP contribution in [0.5, 0.6) is 5.75 Å². The molecule has 1 aromatic carbocycles. The van der Waals surface area contributed by atoms with E-state index in [1.165, 1.54) is 11.8 Å². The van der Waals surface area contributed by atoms with Gasteiger partial charge in [0, 0.05) is 5.75 Å². The summed E-state index contributed by atoms with van der Waals surface area (Å²) in [5, 5.41) is 0. The third-order valence-corrected chi connectivity index (χ3v) is 2.68. The van der Waals surface area contributed by atoms with E-state index in [0.717, 1.165) is 11.5 Å². The van der Waals surface area contributed by atoms with E-state index in [1.54, 1.807) is 0 Å². The number of rotatable bonds is 4. The van der Waals surface area contributed by atoms with Crippen molar-refractivity contribution in [2.45, 2.75) is 0 Å². The lowest BCUT2D eigenvalue weighted by molar-refractivity contribution is 0.344. The third-order valence-electron chi connectivity index (χ3n) is 1.32. The van der Waals surface area contributed by atoms with Crippen LogP contribution < -0.4 is 4.74 Å².